The summed E-state index contributed by atoms with van der Waals surface area (Å²) in [5.74, 6) is 2.33. The van der Waals surface area contributed by atoms with Crippen LogP contribution in [0.3, 0.4) is 0 Å². The van der Waals surface area contributed by atoms with E-state index in [1.54, 1.807) is 13.1 Å². The number of aldehydes is 1. The lowest BCUT2D eigenvalue weighted by Gasteiger charge is -1.86. The Bertz CT molecular complexity index is 293. The summed E-state index contributed by atoms with van der Waals surface area (Å²) >= 11 is 0. The molecule has 0 aliphatic carbocycles. The lowest BCUT2D eigenvalue weighted by molar-refractivity contribution is 0.111. The highest BCUT2D eigenvalue weighted by atomic mass is 16.1. The first-order valence-corrected chi connectivity index (χ1v) is 2.73. The van der Waals surface area contributed by atoms with Crippen LogP contribution in [0.5, 0.6) is 0 Å². The Labute approximate surface area is 58.7 Å². The fraction of sp³-hybridized carbons (Fsp3) is 0.143. The monoisotopic (exact) mass is 134 g/mol. The molecule has 0 saturated carbocycles. The van der Waals surface area contributed by atoms with Crippen molar-refractivity contribution in [3.05, 3.63) is 17.5 Å². The number of terminal acetylenes is 1. The molecule has 1 aromatic rings. The number of hydrogen-bond donors (Lipinski definition) is 0. The minimum Gasteiger partial charge on any atom is -0.296 e. The topological polar surface area (TPSA) is 34.9 Å². The fourth-order valence-electron chi connectivity index (χ4n) is 0.663. The second-order valence-electron chi connectivity index (χ2n) is 1.84. The van der Waals surface area contributed by atoms with Crippen LogP contribution in [-0.2, 0) is 7.05 Å². The first-order valence-electron chi connectivity index (χ1n) is 2.73. The van der Waals surface area contributed by atoms with Crippen molar-refractivity contribution in [1.82, 2.24) is 9.78 Å². The van der Waals surface area contributed by atoms with Crippen molar-refractivity contribution in [3.8, 4) is 12.3 Å². The molecule has 0 saturated heterocycles. The largest absolute Gasteiger partial charge is 0.296 e. The van der Waals surface area contributed by atoms with Crippen molar-refractivity contribution in [3.63, 3.8) is 0 Å². The molecule has 0 radical (unpaired) electrons. The zero-order chi connectivity index (χ0) is 7.56. The number of rotatable bonds is 1. The normalized spacial score (nSPS) is 8.80. The fourth-order valence-corrected chi connectivity index (χ4v) is 0.663. The molecule has 3 nitrogen and oxygen atoms in total. The first kappa shape index (κ1) is 6.56. The lowest BCUT2D eigenvalue weighted by atomic mass is 10.4. The molecule has 0 N–H and O–H groups in total. The van der Waals surface area contributed by atoms with E-state index in [-0.39, 0.29) is 0 Å². The summed E-state index contributed by atoms with van der Waals surface area (Å²) in [7, 11) is 1.67. The van der Waals surface area contributed by atoms with Crippen LogP contribution in [0.4, 0.5) is 0 Å². The molecule has 0 aliphatic heterocycles. The van der Waals surface area contributed by atoms with Crippen LogP contribution < -0.4 is 0 Å². The van der Waals surface area contributed by atoms with E-state index < -0.39 is 0 Å². The van der Waals surface area contributed by atoms with E-state index in [0.717, 1.165) is 0 Å². The Morgan fingerprint density at radius 1 is 1.90 bits per heavy atom. The molecule has 0 fully saturated rings. The van der Waals surface area contributed by atoms with Gasteiger partial charge in [0.25, 0.3) is 0 Å². The number of carbonyl (C=O) groups is 1. The second-order valence-corrected chi connectivity index (χ2v) is 1.84. The van der Waals surface area contributed by atoms with Crippen molar-refractivity contribution in [2.75, 3.05) is 0 Å². The van der Waals surface area contributed by atoms with Gasteiger partial charge in [-0.3, -0.25) is 9.48 Å². The highest BCUT2D eigenvalue weighted by Gasteiger charge is 1.99. The molecule has 0 amide bonds. The van der Waals surface area contributed by atoms with E-state index in [2.05, 4.69) is 11.0 Å². The Morgan fingerprint density at radius 2 is 2.60 bits per heavy atom. The predicted molar refractivity (Wildman–Crippen MR) is 36.5 cm³/mol. The van der Waals surface area contributed by atoms with Gasteiger partial charge in [-0.25, -0.2) is 0 Å². The van der Waals surface area contributed by atoms with Crippen LogP contribution in [0.2, 0.25) is 0 Å². The van der Waals surface area contributed by atoms with Gasteiger partial charge in [0.2, 0.25) is 0 Å². The summed E-state index contributed by atoms with van der Waals surface area (Å²) < 4.78 is 1.45. The van der Waals surface area contributed by atoms with Crippen LogP contribution in [0, 0.1) is 12.3 Å². The van der Waals surface area contributed by atoms with Gasteiger partial charge in [0.1, 0.15) is 11.4 Å². The maximum Gasteiger partial charge on any atom is 0.168 e. The number of aromatic nitrogens is 2. The zero-order valence-corrected chi connectivity index (χ0v) is 5.53. The van der Waals surface area contributed by atoms with E-state index >= 15 is 0 Å². The maximum atomic E-state index is 10.2. The Balaban J connectivity index is 3.19. The van der Waals surface area contributed by atoms with Gasteiger partial charge in [-0.15, -0.1) is 6.42 Å². The van der Waals surface area contributed by atoms with E-state index in [9.17, 15) is 4.79 Å². The summed E-state index contributed by atoms with van der Waals surface area (Å²) in [6, 6.07) is 1.56. The van der Waals surface area contributed by atoms with E-state index in [1.165, 1.54) is 4.68 Å². The highest BCUT2D eigenvalue weighted by Crippen LogP contribution is 1.97. The van der Waals surface area contributed by atoms with Crippen molar-refractivity contribution < 1.29 is 4.79 Å². The smallest absolute Gasteiger partial charge is 0.168 e. The summed E-state index contributed by atoms with van der Waals surface area (Å²) in [5.41, 5.74) is 0.984. The van der Waals surface area contributed by atoms with Crippen LogP contribution in [0.25, 0.3) is 0 Å². The molecule has 0 aromatic carbocycles. The molecule has 3 heteroatoms. The third-order valence-corrected chi connectivity index (χ3v) is 1.18. The second kappa shape index (κ2) is 2.36. The van der Waals surface area contributed by atoms with Crippen molar-refractivity contribution >= 4 is 6.29 Å². The van der Waals surface area contributed by atoms with Gasteiger partial charge in [0, 0.05) is 13.1 Å². The molecule has 1 heterocycles. The van der Waals surface area contributed by atoms with Crippen molar-refractivity contribution in [2.24, 2.45) is 7.05 Å². The Kier molecular flexibility index (Phi) is 1.55. The minimum atomic E-state index is 0.490. The van der Waals surface area contributed by atoms with E-state index in [1.807, 2.05) is 0 Å². The molecular formula is C7H6N2O. The van der Waals surface area contributed by atoms with Gasteiger partial charge in [0.05, 0.1) is 0 Å². The third-order valence-electron chi connectivity index (χ3n) is 1.18. The van der Waals surface area contributed by atoms with Crippen LogP contribution in [-0.4, -0.2) is 16.1 Å². The summed E-state index contributed by atoms with van der Waals surface area (Å²) in [6.07, 6.45) is 5.76. The van der Waals surface area contributed by atoms with Crippen molar-refractivity contribution in [2.45, 2.75) is 0 Å². The van der Waals surface area contributed by atoms with E-state index in [0.29, 0.717) is 17.7 Å². The summed E-state index contributed by atoms with van der Waals surface area (Å²) in [6.45, 7) is 0. The number of nitrogens with zero attached hydrogens (tertiary/aromatic N) is 2. The first-order chi connectivity index (χ1) is 4.77. The summed E-state index contributed by atoms with van der Waals surface area (Å²) in [4.78, 5) is 10.2. The number of hydrogen-bond acceptors (Lipinski definition) is 2. The molecule has 1 aromatic heterocycles. The molecule has 0 unspecified atom stereocenters. The lowest BCUT2D eigenvalue weighted by Crippen LogP contribution is -1.95. The van der Waals surface area contributed by atoms with Gasteiger partial charge in [0.15, 0.2) is 6.29 Å². The standard InChI is InChI=1S/C7H6N2O/c1-3-6-4-7(5-10)9(2)8-6/h1,4-5H,2H3. The van der Waals surface area contributed by atoms with Gasteiger partial charge >= 0.3 is 0 Å². The average Bonchev–Trinajstić information content (AvgIpc) is 2.30. The van der Waals surface area contributed by atoms with Crippen molar-refractivity contribution in [1.29, 1.82) is 0 Å². The molecule has 0 atom stereocenters. The Hall–Kier alpha value is -1.56. The SMILES string of the molecule is C#Cc1cc(C=O)n(C)n1. The van der Waals surface area contributed by atoms with Gasteiger partial charge < -0.3 is 0 Å². The minimum absolute atomic E-state index is 0.490. The van der Waals surface area contributed by atoms with Gasteiger partial charge in [-0.1, -0.05) is 0 Å². The third kappa shape index (κ3) is 0.914. The van der Waals surface area contributed by atoms with Gasteiger partial charge in [-0.2, -0.15) is 5.10 Å². The number of carbonyl (C=O) groups excluding carboxylic acids is 1. The van der Waals surface area contributed by atoms with Gasteiger partial charge in [-0.05, 0) is 5.92 Å². The molecule has 1 rings (SSSR count). The molecule has 0 aliphatic rings. The van der Waals surface area contributed by atoms with Crippen LogP contribution in [0.1, 0.15) is 16.2 Å². The Morgan fingerprint density at radius 3 is 2.90 bits per heavy atom. The quantitative estimate of drug-likeness (QED) is 0.406. The molecule has 10 heavy (non-hydrogen) atoms. The van der Waals surface area contributed by atoms with Crippen LogP contribution in [0.15, 0.2) is 6.07 Å². The predicted octanol–water partition coefficient (Wildman–Crippen LogP) is 0.214. The average molecular weight is 134 g/mol. The molecule has 50 valence electrons. The molecular weight excluding hydrogens is 128 g/mol. The van der Waals surface area contributed by atoms with Crippen LogP contribution >= 0.6 is 0 Å². The maximum absolute atomic E-state index is 10.2. The summed E-state index contributed by atoms with van der Waals surface area (Å²) in [5, 5.41) is 3.85. The zero-order valence-electron chi connectivity index (χ0n) is 5.53. The van der Waals surface area contributed by atoms with E-state index in [4.69, 9.17) is 6.42 Å². The number of aryl methyl sites for hydroxylation is 1. The highest BCUT2D eigenvalue weighted by molar-refractivity contribution is 5.72. The molecule has 0 spiro atoms. The molecule has 0 bridgehead atoms.